The molecule has 0 aromatic heterocycles. The van der Waals surface area contributed by atoms with Crippen LogP contribution in [0, 0.1) is 11.7 Å². The SMILES string of the molecule is CC(C)CNC(=O)C(C)N(Cc1ccc(F)cc1)C(=O)CCc1ccccc1Cl. The predicted molar refractivity (Wildman–Crippen MR) is 114 cm³/mol. The Bertz CT molecular complexity index is 824. The van der Waals surface area contributed by atoms with Gasteiger partial charge in [-0.25, -0.2) is 4.39 Å². The van der Waals surface area contributed by atoms with Gasteiger partial charge in [-0.05, 0) is 48.6 Å². The van der Waals surface area contributed by atoms with E-state index in [4.69, 9.17) is 11.6 Å². The number of hydrogen-bond acceptors (Lipinski definition) is 2. The van der Waals surface area contributed by atoms with Crippen LogP contribution in [0.2, 0.25) is 5.02 Å². The van der Waals surface area contributed by atoms with Crippen molar-refractivity contribution in [2.75, 3.05) is 6.54 Å². The minimum Gasteiger partial charge on any atom is -0.354 e. The molecule has 0 saturated heterocycles. The second-order valence-corrected chi connectivity index (χ2v) is 7.96. The van der Waals surface area contributed by atoms with Gasteiger partial charge in [-0.2, -0.15) is 0 Å². The highest BCUT2D eigenvalue weighted by molar-refractivity contribution is 6.31. The topological polar surface area (TPSA) is 49.4 Å². The van der Waals surface area contributed by atoms with Crippen molar-refractivity contribution >= 4 is 23.4 Å². The van der Waals surface area contributed by atoms with Crippen LogP contribution in [0.25, 0.3) is 0 Å². The molecule has 2 amide bonds. The van der Waals surface area contributed by atoms with Crippen LogP contribution < -0.4 is 5.32 Å². The van der Waals surface area contributed by atoms with Crippen molar-refractivity contribution in [3.05, 3.63) is 70.5 Å². The number of amides is 2. The van der Waals surface area contributed by atoms with Crippen LogP contribution in [0.3, 0.4) is 0 Å². The number of aryl methyl sites for hydroxylation is 1. The Kier molecular flexibility index (Phi) is 8.65. The van der Waals surface area contributed by atoms with E-state index in [-0.39, 0.29) is 30.6 Å². The molecule has 4 nitrogen and oxygen atoms in total. The van der Waals surface area contributed by atoms with Crippen LogP contribution in [0.1, 0.15) is 38.3 Å². The normalized spacial score (nSPS) is 11.9. The molecule has 0 aliphatic heterocycles. The third-order valence-electron chi connectivity index (χ3n) is 4.68. The third-order valence-corrected chi connectivity index (χ3v) is 5.05. The van der Waals surface area contributed by atoms with Crippen LogP contribution in [0.15, 0.2) is 48.5 Å². The summed E-state index contributed by atoms with van der Waals surface area (Å²) in [6.07, 6.45) is 0.714. The van der Waals surface area contributed by atoms with Crippen LogP contribution >= 0.6 is 11.6 Å². The van der Waals surface area contributed by atoms with Crippen molar-refractivity contribution in [2.24, 2.45) is 5.92 Å². The van der Waals surface area contributed by atoms with E-state index in [1.807, 2.05) is 32.0 Å². The number of carbonyl (C=O) groups is 2. The zero-order valence-corrected chi connectivity index (χ0v) is 17.9. The van der Waals surface area contributed by atoms with Gasteiger partial charge in [0.2, 0.25) is 11.8 Å². The van der Waals surface area contributed by atoms with E-state index < -0.39 is 6.04 Å². The summed E-state index contributed by atoms with van der Waals surface area (Å²) in [7, 11) is 0. The Morgan fingerprint density at radius 2 is 1.72 bits per heavy atom. The summed E-state index contributed by atoms with van der Waals surface area (Å²) in [5, 5.41) is 3.50. The standard InChI is InChI=1S/C23H28ClFN2O2/c1-16(2)14-26-23(29)17(3)27(15-18-8-11-20(25)12-9-18)22(28)13-10-19-6-4-5-7-21(19)24/h4-9,11-12,16-17H,10,13-15H2,1-3H3,(H,26,29). The van der Waals surface area contributed by atoms with Gasteiger partial charge in [0, 0.05) is 24.5 Å². The number of hydrogen-bond donors (Lipinski definition) is 1. The van der Waals surface area contributed by atoms with Crippen molar-refractivity contribution < 1.29 is 14.0 Å². The molecule has 29 heavy (non-hydrogen) atoms. The van der Waals surface area contributed by atoms with E-state index in [1.54, 1.807) is 30.0 Å². The molecule has 1 atom stereocenters. The molecule has 0 fully saturated rings. The molecular formula is C23H28ClFN2O2. The van der Waals surface area contributed by atoms with E-state index in [0.29, 0.717) is 23.9 Å². The van der Waals surface area contributed by atoms with Gasteiger partial charge in [-0.3, -0.25) is 9.59 Å². The molecule has 1 unspecified atom stereocenters. The van der Waals surface area contributed by atoms with Gasteiger partial charge in [-0.1, -0.05) is 55.8 Å². The predicted octanol–water partition coefficient (Wildman–Crippen LogP) is 4.60. The second kappa shape index (κ2) is 11.0. The number of rotatable bonds is 9. The first kappa shape index (κ1) is 22.9. The van der Waals surface area contributed by atoms with Crippen LogP contribution in [-0.2, 0) is 22.6 Å². The molecule has 0 heterocycles. The maximum Gasteiger partial charge on any atom is 0.242 e. The molecule has 0 spiro atoms. The van der Waals surface area contributed by atoms with Crippen molar-refractivity contribution in [1.82, 2.24) is 10.2 Å². The van der Waals surface area contributed by atoms with Gasteiger partial charge in [0.05, 0.1) is 0 Å². The second-order valence-electron chi connectivity index (χ2n) is 7.55. The number of halogens is 2. The smallest absolute Gasteiger partial charge is 0.242 e. The Balaban J connectivity index is 2.13. The lowest BCUT2D eigenvalue weighted by atomic mass is 10.1. The molecule has 156 valence electrons. The van der Waals surface area contributed by atoms with Crippen molar-refractivity contribution in [3.63, 3.8) is 0 Å². The third kappa shape index (κ3) is 7.17. The highest BCUT2D eigenvalue weighted by Gasteiger charge is 2.26. The van der Waals surface area contributed by atoms with Gasteiger partial charge in [-0.15, -0.1) is 0 Å². The number of carbonyl (C=O) groups excluding carboxylic acids is 2. The monoisotopic (exact) mass is 418 g/mol. The van der Waals surface area contributed by atoms with Gasteiger partial charge < -0.3 is 10.2 Å². The minimum absolute atomic E-state index is 0.151. The van der Waals surface area contributed by atoms with Crippen molar-refractivity contribution in [3.8, 4) is 0 Å². The first-order chi connectivity index (χ1) is 13.8. The summed E-state index contributed by atoms with van der Waals surface area (Å²) in [6.45, 7) is 6.51. The lowest BCUT2D eigenvalue weighted by Crippen LogP contribution is -2.48. The summed E-state index contributed by atoms with van der Waals surface area (Å²) in [4.78, 5) is 27.1. The molecule has 2 aromatic rings. The molecule has 1 N–H and O–H groups in total. The maximum absolute atomic E-state index is 13.2. The summed E-state index contributed by atoms with van der Waals surface area (Å²) in [5.41, 5.74) is 1.65. The van der Waals surface area contributed by atoms with Crippen molar-refractivity contribution in [1.29, 1.82) is 0 Å². The molecule has 0 aliphatic carbocycles. The van der Waals surface area contributed by atoms with Gasteiger partial charge in [0.1, 0.15) is 11.9 Å². The van der Waals surface area contributed by atoms with E-state index >= 15 is 0 Å². The van der Waals surface area contributed by atoms with Gasteiger partial charge >= 0.3 is 0 Å². The van der Waals surface area contributed by atoms with Gasteiger partial charge in [0.15, 0.2) is 0 Å². The lowest BCUT2D eigenvalue weighted by molar-refractivity contribution is -0.140. The number of nitrogens with zero attached hydrogens (tertiary/aromatic N) is 1. The highest BCUT2D eigenvalue weighted by Crippen LogP contribution is 2.18. The summed E-state index contributed by atoms with van der Waals surface area (Å²) < 4.78 is 13.2. The molecule has 0 bridgehead atoms. The average Bonchev–Trinajstić information content (AvgIpc) is 2.70. The minimum atomic E-state index is -0.641. The van der Waals surface area contributed by atoms with E-state index in [0.717, 1.165) is 11.1 Å². The Labute approximate surface area is 177 Å². The van der Waals surface area contributed by atoms with E-state index in [9.17, 15) is 14.0 Å². The zero-order valence-electron chi connectivity index (χ0n) is 17.1. The first-order valence-corrected chi connectivity index (χ1v) is 10.2. The molecule has 0 aliphatic rings. The average molecular weight is 419 g/mol. The summed E-state index contributed by atoms with van der Waals surface area (Å²) in [5.74, 6) is -0.381. The Morgan fingerprint density at radius 3 is 2.34 bits per heavy atom. The van der Waals surface area contributed by atoms with Crippen molar-refractivity contribution in [2.45, 2.75) is 46.2 Å². The lowest BCUT2D eigenvalue weighted by Gasteiger charge is -2.29. The van der Waals surface area contributed by atoms with Crippen LogP contribution in [0.5, 0.6) is 0 Å². The molecule has 0 saturated carbocycles. The molecule has 6 heteroatoms. The molecule has 2 aromatic carbocycles. The zero-order chi connectivity index (χ0) is 21.4. The number of benzene rings is 2. The largest absolute Gasteiger partial charge is 0.354 e. The molecular weight excluding hydrogens is 391 g/mol. The van der Waals surface area contributed by atoms with E-state index in [2.05, 4.69) is 5.32 Å². The van der Waals surface area contributed by atoms with Crippen LogP contribution in [0.4, 0.5) is 4.39 Å². The fraction of sp³-hybridized carbons (Fsp3) is 0.391. The van der Waals surface area contributed by atoms with Gasteiger partial charge in [0.25, 0.3) is 0 Å². The maximum atomic E-state index is 13.2. The van der Waals surface area contributed by atoms with Crippen LogP contribution in [-0.4, -0.2) is 29.3 Å². The molecule has 0 radical (unpaired) electrons. The molecule has 2 rings (SSSR count). The summed E-state index contributed by atoms with van der Waals surface area (Å²) >= 11 is 6.19. The fourth-order valence-electron chi connectivity index (χ4n) is 2.91. The van der Waals surface area contributed by atoms with E-state index in [1.165, 1.54) is 12.1 Å². The quantitative estimate of drug-likeness (QED) is 0.646. The Hall–Kier alpha value is -2.40. The first-order valence-electron chi connectivity index (χ1n) is 9.83. The highest BCUT2D eigenvalue weighted by atomic mass is 35.5. The summed E-state index contributed by atoms with van der Waals surface area (Å²) in [6, 6.07) is 12.7. The number of nitrogens with one attached hydrogen (secondary N) is 1. The Morgan fingerprint density at radius 1 is 1.07 bits per heavy atom. The fourth-order valence-corrected chi connectivity index (χ4v) is 3.14.